The Kier molecular flexibility index (Phi) is 4.14. The molecule has 1 unspecified atom stereocenters. The highest BCUT2D eigenvalue weighted by molar-refractivity contribution is 6.21. The lowest BCUT2D eigenvalue weighted by Crippen LogP contribution is -2.23. The van der Waals surface area contributed by atoms with Crippen LogP contribution in [0.5, 0.6) is 5.88 Å². The van der Waals surface area contributed by atoms with Crippen molar-refractivity contribution in [3.05, 3.63) is 17.6 Å². The fourth-order valence-electron chi connectivity index (χ4n) is 1.36. The Morgan fingerprint density at radius 2 is 2.00 bits per heavy atom. The summed E-state index contributed by atoms with van der Waals surface area (Å²) in [4.78, 5) is 8.32. The van der Waals surface area contributed by atoms with E-state index < -0.39 is 0 Å². The Morgan fingerprint density at radius 1 is 1.38 bits per heavy atom. The number of halogens is 1. The van der Waals surface area contributed by atoms with Gasteiger partial charge in [0.05, 0.1) is 12.8 Å². The number of aromatic nitrogens is 2. The lowest BCUT2D eigenvalue weighted by Gasteiger charge is -2.25. The van der Waals surface area contributed by atoms with Gasteiger partial charge in [0.15, 0.2) is 0 Å². The van der Waals surface area contributed by atoms with E-state index in [0.29, 0.717) is 5.88 Å². The van der Waals surface area contributed by atoms with E-state index in [4.69, 9.17) is 16.3 Å². The molecule has 90 valence electrons. The number of alkyl halides is 1. The molecule has 0 aliphatic rings. The smallest absolute Gasteiger partial charge is 0.219 e. The van der Waals surface area contributed by atoms with Crippen molar-refractivity contribution in [3.8, 4) is 5.88 Å². The SMILES string of the molecule is COc1ncnc(CC(Cl)C(C)(C)C)c1C. The van der Waals surface area contributed by atoms with Crippen LogP contribution < -0.4 is 4.74 Å². The fraction of sp³-hybridized carbons (Fsp3) is 0.667. The highest BCUT2D eigenvalue weighted by Crippen LogP contribution is 2.28. The van der Waals surface area contributed by atoms with Crippen LogP contribution in [-0.2, 0) is 6.42 Å². The lowest BCUT2D eigenvalue weighted by atomic mass is 9.88. The molecular weight excluding hydrogens is 224 g/mol. The van der Waals surface area contributed by atoms with E-state index in [-0.39, 0.29) is 10.8 Å². The summed E-state index contributed by atoms with van der Waals surface area (Å²) in [7, 11) is 1.61. The molecule has 0 spiro atoms. The number of rotatable bonds is 3. The molecule has 0 amide bonds. The van der Waals surface area contributed by atoms with Gasteiger partial charge in [-0.25, -0.2) is 9.97 Å². The Balaban J connectivity index is 2.90. The summed E-state index contributed by atoms with van der Waals surface area (Å²) < 4.78 is 5.16. The first-order chi connectivity index (χ1) is 7.36. The third-order valence-electron chi connectivity index (χ3n) is 2.65. The number of hydrogen-bond acceptors (Lipinski definition) is 3. The molecule has 0 bridgehead atoms. The molecule has 1 heterocycles. The van der Waals surface area contributed by atoms with Gasteiger partial charge in [0.25, 0.3) is 0 Å². The van der Waals surface area contributed by atoms with Gasteiger partial charge in [-0.05, 0) is 12.3 Å². The molecule has 1 rings (SSSR count). The number of nitrogens with zero attached hydrogens (tertiary/aromatic N) is 2. The third-order valence-corrected chi connectivity index (χ3v) is 3.46. The minimum absolute atomic E-state index is 0.0470. The summed E-state index contributed by atoms with van der Waals surface area (Å²) in [6, 6.07) is 0. The van der Waals surface area contributed by atoms with Gasteiger partial charge in [0.2, 0.25) is 5.88 Å². The second kappa shape index (κ2) is 5.00. The second-order valence-corrected chi connectivity index (χ2v) is 5.52. The van der Waals surface area contributed by atoms with Crippen molar-refractivity contribution in [3.63, 3.8) is 0 Å². The van der Waals surface area contributed by atoms with Crippen molar-refractivity contribution in [1.29, 1.82) is 0 Å². The second-order valence-electron chi connectivity index (χ2n) is 4.99. The average molecular weight is 243 g/mol. The van der Waals surface area contributed by atoms with Gasteiger partial charge < -0.3 is 4.74 Å². The molecule has 1 aromatic heterocycles. The van der Waals surface area contributed by atoms with E-state index >= 15 is 0 Å². The minimum Gasteiger partial charge on any atom is -0.481 e. The van der Waals surface area contributed by atoms with Crippen LogP contribution in [0.1, 0.15) is 32.0 Å². The van der Waals surface area contributed by atoms with Crippen LogP contribution in [0.3, 0.4) is 0 Å². The number of hydrogen-bond donors (Lipinski definition) is 0. The van der Waals surface area contributed by atoms with Crippen LogP contribution >= 0.6 is 11.6 Å². The fourth-order valence-corrected chi connectivity index (χ4v) is 1.50. The van der Waals surface area contributed by atoms with Crippen LogP contribution in [0.25, 0.3) is 0 Å². The molecule has 0 saturated carbocycles. The normalized spacial score (nSPS) is 13.6. The van der Waals surface area contributed by atoms with Crippen molar-refractivity contribution in [2.75, 3.05) is 7.11 Å². The molecular formula is C12H19ClN2O. The van der Waals surface area contributed by atoms with Crippen LogP contribution in [0.2, 0.25) is 0 Å². The van der Waals surface area contributed by atoms with Gasteiger partial charge in [-0.1, -0.05) is 20.8 Å². The summed E-state index contributed by atoms with van der Waals surface area (Å²) in [5.74, 6) is 0.628. The van der Waals surface area contributed by atoms with Crippen molar-refractivity contribution >= 4 is 11.6 Å². The summed E-state index contributed by atoms with van der Waals surface area (Å²) in [5, 5.41) is 0.0470. The minimum atomic E-state index is 0.0470. The topological polar surface area (TPSA) is 35.0 Å². The Morgan fingerprint density at radius 3 is 2.50 bits per heavy atom. The van der Waals surface area contributed by atoms with Crippen LogP contribution in [0, 0.1) is 12.3 Å². The van der Waals surface area contributed by atoms with Crippen LogP contribution in [0.4, 0.5) is 0 Å². The van der Waals surface area contributed by atoms with E-state index in [1.807, 2.05) is 6.92 Å². The molecule has 0 aliphatic carbocycles. The molecule has 0 aliphatic heterocycles. The number of methoxy groups -OCH3 is 1. The molecule has 0 fully saturated rings. The van der Waals surface area contributed by atoms with E-state index in [2.05, 4.69) is 30.7 Å². The largest absolute Gasteiger partial charge is 0.481 e. The molecule has 3 nitrogen and oxygen atoms in total. The monoisotopic (exact) mass is 242 g/mol. The van der Waals surface area contributed by atoms with Crippen molar-refractivity contribution in [2.24, 2.45) is 5.41 Å². The molecule has 0 N–H and O–H groups in total. The average Bonchev–Trinajstić information content (AvgIpc) is 2.19. The standard InChI is InChI=1S/C12H19ClN2O/c1-8-9(6-10(13)12(2,3)4)14-7-15-11(8)16-5/h7,10H,6H2,1-5H3. The lowest BCUT2D eigenvalue weighted by molar-refractivity contribution is 0.378. The van der Waals surface area contributed by atoms with E-state index in [1.165, 1.54) is 6.33 Å². The quantitative estimate of drug-likeness (QED) is 0.765. The van der Waals surface area contributed by atoms with Gasteiger partial charge >= 0.3 is 0 Å². The van der Waals surface area contributed by atoms with Gasteiger partial charge in [0.1, 0.15) is 6.33 Å². The summed E-state index contributed by atoms with van der Waals surface area (Å²) in [5.41, 5.74) is 1.99. The zero-order chi connectivity index (χ0) is 12.3. The Bertz CT molecular complexity index is 361. The highest BCUT2D eigenvalue weighted by Gasteiger charge is 2.24. The predicted octanol–water partition coefficient (Wildman–Crippen LogP) is 2.99. The van der Waals surface area contributed by atoms with Gasteiger partial charge in [-0.15, -0.1) is 11.6 Å². The molecule has 1 atom stereocenters. The van der Waals surface area contributed by atoms with Gasteiger partial charge in [-0.3, -0.25) is 0 Å². The van der Waals surface area contributed by atoms with Crippen molar-refractivity contribution in [2.45, 2.75) is 39.5 Å². The van der Waals surface area contributed by atoms with Crippen LogP contribution in [0.15, 0.2) is 6.33 Å². The molecule has 4 heteroatoms. The first-order valence-electron chi connectivity index (χ1n) is 5.34. The van der Waals surface area contributed by atoms with E-state index in [0.717, 1.165) is 17.7 Å². The first-order valence-corrected chi connectivity index (χ1v) is 5.78. The maximum atomic E-state index is 6.36. The van der Waals surface area contributed by atoms with Gasteiger partial charge in [0, 0.05) is 17.4 Å². The molecule has 16 heavy (non-hydrogen) atoms. The first kappa shape index (κ1) is 13.2. The summed E-state index contributed by atoms with van der Waals surface area (Å²) in [6.45, 7) is 8.33. The van der Waals surface area contributed by atoms with E-state index in [1.54, 1.807) is 7.11 Å². The summed E-state index contributed by atoms with van der Waals surface area (Å²) >= 11 is 6.36. The highest BCUT2D eigenvalue weighted by atomic mass is 35.5. The molecule has 0 saturated heterocycles. The maximum absolute atomic E-state index is 6.36. The van der Waals surface area contributed by atoms with Crippen molar-refractivity contribution in [1.82, 2.24) is 9.97 Å². The molecule has 0 radical (unpaired) electrons. The summed E-state index contributed by atoms with van der Waals surface area (Å²) in [6.07, 6.45) is 2.25. The Hall–Kier alpha value is -0.830. The Labute approximate surface area is 102 Å². The molecule has 1 aromatic rings. The third kappa shape index (κ3) is 3.08. The predicted molar refractivity (Wildman–Crippen MR) is 66.1 cm³/mol. The van der Waals surface area contributed by atoms with Gasteiger partial charge in [-0.2, -0.15) is 0 Å². The zero-order valence-corrected chi connectivity index (χ0v) is 11.3. The maximum Gasteiger partial charge on any atom is 0.219 e. The van der Waals surface area contributed by atoms with E-state index in [9.17, 15) is 0 Å². The number of ether oxygens (including phenoxy) is 1. The van der Waals surface area contributed by atoms with Crippen molar-refractivity contribution < 1.29 is 4.74 Å². The molecule has 0 aromatic carbocycles. The van der Waals surface area contributed by atoms with Crippen LogP contribution in [-0.4, -0.2) is 22.5 Å². The zero-order valence-electron chi connectivity index (χ0n) is 10.5.